The molecule has 4 heterocycles. The molecule has 3 aliphatic rings. The fourth-order valence-electron chi connectivity index (χ4n) is 12.0. The van der Waals surface area contributed by atoms with E-state index in [4.69, 9.17) is 51.1 Å². The minimum absolute atomic E-state index is 0.0147. The van der Waals surface area contributed by atoms with E-state index in [2.05, 4.69) is 12.2 Å². The summed E-state index contributed by atoms with van der Waals surface area (Å²) in [5.41, 5.74) is 1.85. The van der Waals surface area contributed by atoms with Crippen molar-refractivity contribution in [2.75, 3.05) is 27.2 Å². The van der Waals surface area contributed by atoms with Gasteiger partial charge >= 0.3 is 6.09 Å². The topological polar surface area (TPSA) is 160 Å². The molecule has 0 radical (unpaired) electrons. The Balaban J connectivity index is 0.000000259. The zero-order chi connectivity index (χ0) is 58.2. The van der Waals surface area contributed by atoms with Crippen molar-refractivity contribution in [3.63, 3.8) is 0 Å². The molecule has 2 aromatic carbocycles. The molecule has 1 N–H and O–H groups in total. The summed E-state index contributed by atoms with van der Waals surface area (Å²) in [5, 5.41) is 6.26. The van der Waals surface area contributed by atoms with Crippen molar-refractivity contribution in [3.05, 3.63) is 67.9 Å². The molecule has 0 spiro atoms. The Kier molecular flexibility index (Phi) is 22.6. The molecule has 2 saturated heterocycles. The molecule has 79 heavy (non-hydrogen) atoms. The van der Waals surface area contributed by atoms with Crippen LogP contribution in [0.5, 0.6) is 0 Å². The zero-order valence-corrected chi connectivity index (χ0v) is 51.3. The lowest BCUT2D eigenvalue weighted by Gasteiger charge is -2.35. The number of carbonyl (C=O) groups is 7. The van der Waals surface area contributed by atoms with Gasteiger partial charge in [0, 0.05) is 90.8 Å². The molecule has 1 aliphatic carbocycles. The first-order valence-corrected chi connectivity index (χ1v) is 30.1. The van der Waals surface area contributed by atoms with Crippen LogP contribution < -0.4 is 5.32 Å². The van der Waals surface area contributed by atoms with Crippen molar-refractivity contribution < 1.29 is 38.3 Å². The lowest BCUT2D eigenvalue weighted by Crippen LogP contribution is -2.47. The van der Waals surface area contributed by atoms with Gasteiger partial charge in [-0.15, -0.1) is 0 Å². The smallest absolute Gasteiger partial charge is 0.410 e. The first-order valence-electron chi connectivity index (χ1n) is 28.6. The van der Waals surface area contributed by atoms with Crippen LogP contribution in [-0.4, -0.2) is 122 Å². The maximum absolute atomic E-state index is 14.3. The second-order valence-corrected chi connectivity index (χ2v) is 25.1. The monoisotopic (exact) mass is 1170 g/mol. The van der Waals surface area contributed by atoms with Crippen LogP contribution in [0.2, 0.25) is 20.4 Å². The number of likely N-dealkylation sites (N-methyl/N-ethyl adjacent to an activating group) is 2. The number of Topliss-reactive ketones (excluding diaryl/α,β-unsaturated/α-hetero) is 4. The van der Waals surface area contributed by atoms with Gasteiger partial charge in [-0.2, -0.15) is 0 Å². The fourth-order valence-corrected chi connectivity index (χ4v) is 13.1. The van der Waals surface area contributed by atoms with Gasteiger partial charge in [0.05, 0.1) is 34.2 Å². The highest BCUT2D eigenvalue weighted by molar-refractivity contribution is 6.37. The Morgan fingerprint density at radius 1 is 0.696 bits per heavy atom. The zero-order valence-electron chi connectivity index (χ0n) is 48.3. The van der Waals surface area contributed by atoms with E-state index in [1.54, 1.807) is 66.1 Å². The Morgan fingerprint density at radius 3 is 1.65 bits per heavy atom. The van der Waals surface area contributed by atoms with Crippen molar-refractivity contribution >= 4 is 109 Å². The maximum atomic E-state index is 14.3. The number of ketones is 4. The van der Waals surface area contributed by atoms with Crippen LogP contribution in [0, 0.1) is 23.7 Å². The maximum Gasteiger partial charge on any atom is 0.410 e. The molecule has 434 valence electrons. The van der Waals surface area contributed by atoms with E-state index in [-0.39, 0.29) is 83.7 Å². The Labute approximate surface area is 487 Å². The van der Waals surface area contributed by atoms with E-state index in [0.717, 1.165) is 87.0 Å². The van der Waals surface area contributed by atoms with E-state index in [1.807, 2.05) is 44.9 Å². The van der Waals surface area contributed by atoms with Crippen LogP contribution in [0.15, 0.2) is 36.4 Å². The van der Waals surface area contributed by atoms with Gasteiger partial charge in [-0.25, -0.2) is 4.79 Å². The van der Waals surface area contributed by atoms with Crippen LogP contribution >= 0.6 is 46.4 Å². The van der Waals surface area contributed by atoms with E-state index < -0.39 is 23.7 Å². The molecule has 18 heteroatoms. The third-order valence-electron chi connectivity index (χ3n) is 16.8. The van der Waals surface area contributed by atoms with Crippen molar-refractivity contribution in [2.24, 2.45) is 23.7 Å². The molecule has 0 bridgehead atoms. The van der Waals surface area contributed by atoms with E-state index in [0.29, 0.717) is 63.0 Å². The number of hydrogen-bond donors (Lipinski definition) is 1. The summed E-state index contributed by atoms with van der Waals surface area (Å²) >= 11 is 26.0. The molecule has 7 rings (SSSR count). The molecule has 3 amide bonds. The fraction of sp³-hybridized carbons (Fsp3) is 0.623. The molecule has 1 saturated carbocycles. The predicted molar refractivity (Wildman–Crippen MR) is 317 cm³/mol. The molecular weight excluding hydrogens is 1090 g/mol. The summed E-state index contributed by atoms with van der Waals surface area (Å²) in [6.07, 6.45) is 11.4. The number of halogens is 4. The average molecular weight is 1170 g/mol. The summed E-state index contributed by atoms with van der Waals surface area (Å²) in [6, 6.07) is 9.66. The number of unbranched alkanes of at least 4 members (excludes halogenated alkanes) is 1. The number of hydrogen-bond acceptors (Lipinski definition) is 9. The number of amides is 3. The van der Waals surface area contributed by atoms with Gasteiger partial charge in [-0.1, -0.05) is 92.4 Å². The lowest BCUT2D eigenvalue weighted by atomic mass is 9.76. The number of likely N-dealkylation sites (tertiary alicyclic amines) is 2. The van der Waals surface area contributed by atoms with Gasteiger partial charge in [0.25, 0.3) is 0 Å². The van der Waals surface area contributed by atoms with E-state index in [9.17, 15) is 33.6 Å². The van der Waals surface area contributed by atoms with Gasteiger partial charge < -0.3 is 33.9 Å². The molecular formula is C61H84Cl4N6O8. The van der Waals surface area contributed by atoms with E-state index in [1.165, 1.54) is 25.2 Å². The highest BCUT2D eigenvalue weighted by Crippen LogP contribution is 2.39. The van der Waals surface area contributed by atoms with Crippen molar-refractivity contribution in [3.8, 4) is 0 Å². The highest BCUT2D eigenvalue weighted by Gasteiger charge is 2.41. The Morgan fingerprint density at radius 2 is 1.19 bits per heavy atom. The third-order valence-corrected chi connectivity index (χ3v) is 18.0. The number of nitrogens with one attached hydrogen (secondary N) is 1. The van der Waals surface area contributed by atoms with Gasteiger partial charge in [-0.05, 0) is 149 Å². The van der Waals surface area contributed by atoms with Gasteiger partial charge in [0.2, 0.25) is 11.8 Å². The normalized spacial score (nSPS) is 18.9. The first kappa shape index (κ1) is 63.7. The molecule has 3 fully saturated rings. The number of aromatic nitrogens is 2. The van der Waals surface area contributed by atoms with Gasteiger partial charge in [-0.3, -0.25) is 28.8 Å². The highest BCUT2D eigenvalue weighted by atomic mass is 35.5. The SMILES string of the molecule is CCCCC(C)[C@H](CC(=O)[C@H](C)N(C)C(=O)OC(C)(C)C)C(=O)N1CCC[C@H]1Cn1c(Cl)c(C(C)=O)c2cc(Cl)ccc21.CN[C@@H](C)C(=O)C[C@H](C(=O)N1CCC[C@H]1Cn1c(Cl)c(C(C)=O)c2cc(Cl)ccc21)C1CCCCC1. The van der Waals surface area contributed by atoms with Gasteiger partial charge in [0.15, 0.2) is 17.3 Å². The summed E-state index contributed by atoms with van der Waals surface area (Å²) in [5.74, 6) is -0.841. The molecule has 2 aliphatic heterocycles. The lowest BCUT2D eigenvalue weighted by molar-refractivity contribution is -0.142. The molecule has 2 aromatic heterocycles. The molecule has 7 atom stereocenters. The van der Waals surface area contributed by atoms with Crippen LogP contribution in [0.4, 0.5) is 4.79 Å². The number of carbonyl (C=O) groups excluding carboxylic acids is 7. The minimum atomic E-state index is -0.736. The second-order valence-electron chi connectivity index (χ2n) is 23.5. The number of nitrogens with zero attached hydrogens (tertiary/aromatic N) is 5. The quantitative estimate of drug-likeness (QED) is 0.0801. The van der Waals surface area contributed by atoms with Crippen LogP contribution in [0.1, 0.15) is 173 Å². The predicted octanol–water partition coefficient (Wildman–Crippen LogP) is 13.7. The Bertz CT molecular complexity index is 2870. The summed E-state index contributed by atoms with van der Waals surface area (Å²) in [7, 11) is 3.34. The van der Waals surface area contributed by atoms with E-state index >= 15 is 0 Å². The standard InChI is InChI=1S/C33H47Cl2N3O5.C28H37Cl2N3O3/c1-9-10-12-20(2)25(18-28(40)21(3)36(8)32(42)43-33(5,6)7)31(41)37-16-11-13-24(37)19-38-27-15-14-23(34)17-26(27)29(22(4)39)30(38)35;1-17(31-3)25(35)15-22(19-8-5-4-6-9-19)28(36)32-13-7-10-21(32)16-33-24-12-11-20(29)14-23(24)26(18(2)34)27(33)30/h14-15,17,20-21,24-25H,9-13,16,18-19H2,1-8H3;11-12,14,17,19,21-22,31H,4-10,13,15-16H2,1-3H3/t20?,21-,24-,25-;17-,21-,22-/m00/s1. The number of fused-ring (bicyclic) bond motifs is 2. The molecule has 1 unspecified atom stereocenters. The van der Waals surface area contributed by atoms with Crippen LogP contribution in [0.25, 0.3) is 21.8 Å². The van der Waals surface area contributed by atoms with Crippen LogP contribution in [-0.2, 0) is 37.0 Å². The summed E-state index contributed by atoms with van der Waals surface area (Å²) in [4.78, 5) is 97.5. The Hall–Kier alpha value is -4.47. The molecule has 14 nitrogen and oxygen atoms in total. The molecule has 4 aromatic rings. The number of benzene rings is 2. The second kappa shape index (κ2) is 28.0. The van der Waals surface area contributed by atoms with Gasteiger partial charge in [0.1, 0.15) is 21.7 Å². The number of rotatable bonds is 21. The summed E-state index contributed by atoms with van der Waals surface area (Å²) < 4.78 is 9.31. The average Bonchev–Trinajstić information content (AvgIpc) is 4.41. The van der Waals surface area contributed by atoms with Crippen LogP contribution in [0.3, 0.4) is 0 Å². The summed E-state index contributed by atoms with van der Waals surface area (Å²) in [6.45, 7) is 18.2. The minimum Gasteiger partial charge on any atom is -0.444 e. The number of ether oxygens (including phenoxy) is 1. The van der Waals surface area contributed by atoms with Crippen molar-refractivity contribution in [1.29, 1.82) is 0 Å². The van der Waals surface area contributed by atoms with Crippen molar-refractivity contribution in [1.82, 2.24) is 29.2 Å². The largest absolute Gasteiger partial charge is 0.444 e. The third kappa shape index (κ3) is 15.4. The van der Waals surface area contributed by atoms with Crippen molar-refractivity contribution in [2.45, 2.75) is 195 Å². The first-order chi connectivity index (χ1) is 37.3.